The topological polar surface area (TPSA) is 90.0 Å². The number of thioether (sulfide) groups is 1. The van der Waals surface area contributed by atoms with E-state index < -0.39 is 0 Å². The molecule has 2 N–H and O–H groups in total. The number of H-pyrrole nitrogens is 1. The number of pyridine rings is 1. The van der Waals surface area contributed by atoms with Crippen LogP contribution < -0.4 is 5.32 Å². The number of aromatic nitrogens is 4. The van der Waals surface area contributed by atoms with Gasteiger partial charge in [0.2, 0.25) is 0 Å². The Balaban J connectivity index is 1.37. The molecule has 0 unspecified atom stereocenters. The van der Waals surface area contributed by atoms with Gasteiger partial charge in [-0.25, -0.2) is 4.79 Å². The van der Waals surface area contributed by atoms with Crippen LogP contribution in [0, 0.1) is 0 Å². The third-order valence-corrected chi connectivity index (χ3v) is 4.93. The van der Waals surface area contributed by atoms with Crippen LogP contribution in [0.25, 0.3) is 0 Å². The Morgan fingerprint density at radius 3 is 3.04 bits per heavy atom. The summed E-state index contributed by atoms with van der Waals surface area (Å²) in [5.74, 6) is 0.777. The normalized spacial score (nSPS) is 15.8. The molecular weight excluding hydrogens is 338 g/mol. The monoisotopic (exact) mass is 361 g/mol. The van der Waals surface area contributed by atoms with Crippen molar-refractivity contribution in [2.45, 2.75) is 18.0 Å². The number of nitrogens with one attached hydrogen (secondary N) is 2. The van der Waals surface area contributed by atoms with Crippen molar-refractivity contribution < 1.29 is 4.79 Å². The van der Waals surface area contributed by atoms with E-state index in [4.69, 9.17) is 0 Å². The molecule has 3 heterocycles. The molecule has 0 atom stereocenters. The molecule has 3 rings (SSSR count). The number of hydrogen-bond acceptors (Lipinski definition) is 6. The van der Waals surface area contributed by atoms with Crippen molar-refractivity contribution in [3.05, 3.63) is 36.3 Å². The third-order valence-electron chi connectivity index (χ3n) is 4.03. The molecule has 0 spiro atoms. The van der Waals surface area contributed by atoms with E-state index in [9.17, 15) is 4.79 Å². The molecule has 0 radical (unpaired) electrons. The Labute approximate surface area is 151 Å². The number of carbonyl (C=O) groups excluding carboxylic acids is 1. The quantitative estimate of drug-likeness (QED) is 0.594. The number of nitrogens with zero attached hydrogens (tertiary/aromatic N) is 5. The average molecular weight is 361 g/mol. The molecule has 9 heteroatoms. The summed E-state index contributed by atoms with van der Waals surface area (Å²) < 4.78 is 0. The Morgan fingerprint density at radius 1 is 1.28 bits per heavy atom. The fraction of sp³-hybridized carbons (Fsp3) is 0.500. The van der Waals surface area contributed by atoms with Crippen molar-refractivity contribution in [3.8, 4) is 0 Å². The average Bonchev–Trinajstić information content (AvgIpc) is 3.05. The molecule has 1 aliphatic heterocycles. The molecule has 0 bridgehead atoms. The van der Waals surface area contributed by atoms with E-state index in [1.165, 1.54) is 5.56 Å². The molecule has 2 aromatic rings. The number of amides is 2. The van der Waals surface area contributed by atoms with E-state index in [0.29, 0.717) is 6.54 Å². The standard InChI is InChI=1S/C16H23N7OS/c24-16(18-5-10-25-15-12-19-21-20-15)23-7-2-6-22(8-9-23)13-14-3-1-4-17-11-14/h1,3-4,11-12H,2,5-10,13H2,(H,18,24)(H,19,20,21). The lowest BCUT2D eigenvalue weighted by Gasteiger charge is -2.22. The fourth-order valence-electron chi connectivity index (χ4n) is 2.77. The molecule has 2 amide bonds. The highest BCUT2D eigenvalue weighted by atomic mass is 32.2. The van der Waals surface area contributed by atoms with Crippen molar-refractivity contribution >= 4 is 17.8 Å². The largest absolute Gasteiger partial charge is 0.337 e. The van der Waals surface area contributed by atoms with Gasteiger partial charge in [-0.2, -0.15) is 10.3 Å². The molecule has 0 aliphatic carbocycles. The molecule has 1 saturated heterocycles. The molecule has 0 saturated carbocycles. The lowest BCUT2D eigenvalue weighted by Crippen LogP contribution is -2.42. The van der Waals surface area contributed by atoms with Crippen LogP contribution in [0.4, 0.5) is 4.79 Å². The van der Waals surface area contributed by atoms with E-state index >= 15 is 0 Å². The number of carbonyl (C=O) groups is 1. The van der Waals surface area contributed by atoms with Gasteiger partial charge in [0.25, 0.3) is 0 Å². The fourth-order valence-corrected chi connectivity index (χ4v) is 3.41. The van der Waals surface area contributed by atoms with Crippen molar-refractivity contribution in [2.75, 3.05) is 38.5 Å². The van der Waals surface area contributed by atoms with Gasteiger partial charge < -0.3 is 10.2 Å². The maximum atomic E-state index is 12.3. The molecule has 0 aromatic carbocycles. The number of urea groups is 1. The smallest absolute Gasteiger partial charge is 0.317 e. The Morgan fingerprint density at radius 2 is 2.24 bits per heavy atom. The summed E-state index contributed by atoms with van der Waals surface area (Å²) in [6, 6.07) is 4.07. The summed E-state index contributed by atoms with van der Waals surface area (Å²) >= 11 is 1.57. The first-order valence-electron chi connectivity index (χ1n) is 8.44. The van der Waals surface area contributed by atoms with Gasteiger partial charge in [0.05, 0.1) is 6.20 Å². The van der Waals surface area contributed by atoms with E-state index in [1.807, 2.05) is 17.2 Å². The Kier molecular flexibility index (Phi) is 6.63. The second-order valence-electron chi connectivity index (χ2n) is 5.87. The summed E-state index contributed by atoms with van der Waals surface area (Å²) in [5.41, 5.74) is 1.21. The third kappa shape index (κ3) is 5.71. The first-order valence-corrected chi connectivity index (χ1v) is 9.42. The van der Waals surface area contributed by atoms with E-state index in [2.05, 4.69) is 36.7 Å². The number of hydrogen-bond donors (Lipinski definition) is 2. The second-order valence-corrected chi connectivity index (χ2v) is 6.98. The van der Waals surface area contributed by atoms with Gasteiger partial charge in [-0.3, -0.25) is 9.88 Å². The van der Waals surface area contributed by atoms with Gasteiger partial charge in [0, 0.05) is 57.4 Å². The minimum atomic E-state index is 0.0176. The number of rotatable bonds is 6. The molecule has 8 nitrogen and oxygen atoms in total. The first-order chi connectivity index (χ1) is 12.3. The van der Waals surface area contributed by atoms with Crippen LogP contribution in [-0.4, -0.2) is 74.7 Å². The van der Waals surface area contributed by atoms with Crippen molar-refractivity contribution in [2.24, 2.45) is 0 Å². The maximum absolute atomic E-state index is 12.3. The van der Waals surface area contributed by atoms with Crippen LogP contribution in [0.15, 0.2) is 35.7 Å². The summed E-state index contributed by atoms with van der Waals surface area (Å²) in [4.78, 5) is 20.8. The highest BCUT2D eigenvalue weighted by Crippen LogP contribution is 2.11. The van der Waals surface area contributed by atoms with Crippen molar-refractivity contribution in [1.82, 2.24) is 35.5 Å². The van der Waals surface area contributed by atoms with E-state index in [-0.39, 0.29) is 6.03 Å². The van der Waals surface area contributed by atoms with Crippen LogP contribution >= 0.6 is 11.8 Å². The van der Waals surface area contributed by atoms with Crippen LogP contribution in [-0.2, 0) is 6.54 Å². The predicted molar refractivity (Wildman–Crippen MR) is 96.2 cm³/mol. The Bertz CT molecular complexity index is 637. The molecule has 134 valence electrons. The summed E-state index contributed by atoms with van der Waals surface area (Å²) in [6.45, 7) is 4.94. The second kappa shape index (κ2) is 9.38. The molecule has 25 heavy (non-hydrogen) atoms. The highest BCUT2D eigenvalue weighted by Gasteiger charge is 2.18. The maximum Gasteiger partial charge on any atom is 0.317 e. The van der Waals surface area contributed by atoms with Crippen molar-refractivity contribution in [3.63, 3.8) is 0 Å². The van der Waals surface area contributed by atoms with E-state index in [0.717, 1.165) is 49.9 Å². The molecule has 1 aliphatic rings. The lowest BCUT2D eigenvalue weighted by molar-refractivity contribution is 0.198. The van der Waals surface area contributed by atoms with Gasteiger partial charge in [-0.1, -0.05) is 6.07 Å². The first kappa shape index (κ1) is 17.7. The van der Waals surface area contributed by atoms with Crippen molar-refractivity contribution in [1.29, 1.82) is 0 Å². The highest BCUT2D eigenvalue weighted by molar-refractivity contribution is 7.99. The van der Waals surface area contributed by atoms with Crippen LogP contribution in [0.2, 0.25) is 0 Å². The van der Waals surface area contributed by atoms with Gasteiger partial charge in [-0.15, -0.1) is 16.9 Å². The summed E-state index contributed by atoms with van der Waals surface area (Å²) in [7, 11) is 0. The van der Waals surface area contributed by atoms with Gasteiger partial charge >= 0.3 is 6.03 Å². The van der Waals surface area contributed by atoms with Gasteiger partial charge in [-0.05, 0) is 18.1 Å². The zero-order valence-electron chi connectivity index (χ0n) is 14.1. The van der Waals surface area contributed by atoms with Gasteiger partial charge in [0.15, 0.2) is 0 Å². The summed E-state index contributed by atoms with van der Waals surface area (Å²) in [5, 5.41) is 14.1. The molecular formula is C16H23N7OS. The molecule has 1 fully saturated rings. The zero-order chi connectivity index (χ0) is 17.3. The SMILES string of the molecule is O=C(NCCSc1cn[nH]n1)N1CCCN(Cc2cccnc2)CC1. The minimum Gasteiger partial charge on any atom is -0.337 e. The van der Waals surface area contributed by atoms with E-state index in [1.54, 1.807) is 24.2 Å². The minimum absolute atomic E-state index is 0.0176. The molecule has 2 aromatic heterocycles. The zero-order valence-corrected chi connectivity index (χ0v) is 14.9. The van der Waals surface area contributed by atoms with Crippen LogP contribution in [0.3, 0.4) is 0 Å². The summed E-state index contributed by atoms with van der Waals surface area (Å²) in [6.07, 6.45) is 6.36. The van der Waals surface area contributed by atoms with Crippen LogP contribution in [0.1, 0.15) is 12.0 Å². The lowest BCUT2D eigenvalue weighted by atomic mass is 10.2. The van der Waals surface area contributed by atoms with Gasteiger partial charge in [0.1, 0.15) is 5.03 Å². The number of aromatic amines is 1. The van der Waals surface area contributed by atoms with Crippen LogP contribution in [0.5, 0.6) is 0 Å². The Hall–Kier alpha value is -2.13. The predicted octanol–water partition coefficient (Wildman–Crippen LogP) is 1.21.